The van der Waals surface area contributed by atoms with Crippen molar-refractivity contribution in [1.82, 2.24) is 34.9 Å². The summed E-state index contributed by atoms with van der Waals surface area (Å²) >= 11 is 7.12. The van der Waals surface area contributed by atoms with Gasteiger partial charge in [0.05, 0.1) is 16.9 Å². The summed E-state index contributed by atoms with van der Waals surface area (Å²) in [6.07, 6.45) is 5.82. The van der Waals surface area contributed by atoms with Crippen molar-refractivity contribution in [2.24, 2.45) is 0 Å². The number of anilines is 1. The molecule has 0 bridgehead atoms. The maximum Gasteiger partial charge on any atom is 0.277 e. The minimum absolute atomic E-state index is 0.227. The quantitative estimate of drug-likeness (QED) is 0.575. The molecule has 11 heteroatoms. The van der Waals surface area contributed by atoms with E-state index in [0.29, 0.717) is 27.4 Å². The van der Waals surface area contributed by atoms with Crippen LogP contribution in [0.25, 0.3) is 17.2 Å². The van der Waals surface area contributed by atoms with Crippen molar-refractivity contribution in [1.29, 1.82) is 0 Å². The molecule has 0 aliphatic rings. The number of hydrogen-bond donors (Lipinski definition) is 1. The normalized spacial score (nSPS) is 10.7. The van der Waals surface area contributed by atoms with E-state index in [9.17, 15) is 4.79 Å². The first-order valence-corrected chi connectivity index (χ1v) is 8.52. The van der Waals surface area contributed by atoms with Crippen LogP contribution < -0.4 is 5.32 Å². The summed E-state index contributed by atoms with van der Waals surface area (Å²) in [6.45, 7) is 0. The SMILES string of the molecule is O=C(Nc1nc(-c2ccc(Cl)cn2)cs1)c1cnnn1-c1ccncn1. The van der Waals surface area contributed by atoms with Gasteiger partial charge in [-0.25, -0.2) is 15.0 Å². The number of pyridine rings is 1. The number of nitrogens with one attached hydrogen (secondary N) is 1. The third kappa shape index (κ3) is 3.27. The summed E-state index contributed by atoms with van der Waals surface area (Å²) in [7, 11) is 0. The average Bonchev–Trinajstić information content (AvgIpc) is 3.32. The summed E-state index contributed by atoms with van der Waals surface area (Å²) in [5, 5.41) is 13.2. The Kier molecular flexibility index (Phi) is 4.33. The number of hydrogen-bond acceptors (Lipinski definition) is 8. The van der Waals surface area contributed by atoms with Crippen LogP contribution in [0.4, 0.5) is 5.13 Å². The number of rotatable bonds is 4. The highest BCUT2D eigenvalue weighted by Gasteiger charge is 2.17. The van der Waals surface area contributed by atoms with Crippen molar-refractivity contribution >= 4 is 34.0 Å². The molecule has 1 N–H and O–H groups in total. The molecule has 4 heterocycles. The molecule has 0 saturated heterocycles. The van der Waals surface area contributed by atoms with E-state index in [1.807, 2.05) is 0 Å². The van der Waals surface area contributed by atoms with E-state index in [1.54, 1.807) is 36.0 Å². The fourth-order valence-corrected chi connectivity index (χ4v) is 2.92. The van der Waals surface area contributed by atoms with Gasteiger partial charge in [-0.15, -0.1) is 16.4 Å². The molecular formula is C15H9ClN8OS. The monoisotopic (exact) mass is 384 g/mol. The lowest BCUT2D eigenvalue weighted by Gasteiger charge is -2.04. The molecule has 9 nitrogen and oxygen atoms in total. The van der Waals surface area contributed by atoms with E-state index in [-0.39, 0.29) is 5.69 Å². The second-order valence-corrected chi connectivity index (χ2v) is 6.25. The van der Waals surface area contributed by atoms with Crippen LogP contribution in [0.1, 0.15) is 10.5 Å². The van der Waals surface area contributed by atoms with Crippen molar-refractivity contribution in [3.8, 4) is 17.2 Å². The molecule has 26 heavy (non-hydrogen) atoms. The van der Waals surface area contributed by atoms with E-state index < -0.39 is 5.91 Å². The van der Waals surface area contributed by atoms with Gasteiger partial charge in [-0.05, 0) is 12.1 Å². The standard InChI is InChI=1S/C15H9ClN8OS/c16-9-1-2-10(18-5-9)11-7-26-15(21-11)22-14(25)12-6-20-23-24(12)13-3-4-17-8-19-13/h1-8H,(H,21,22,25). The Morgan fingerprint density at radius 1 is 1.15 bits per heavy atom. The molecule has 0 atom stereocenters. The van der Waals surface area contributed by atoms with Crippen molar-refractivity contribution in [2.75, 3.05) is 5.32 Å². The van der Waals surface area contributed by atoms with E-state index in [0.717, 1.165) is 0 Å². The highest BCUT2D eigenvalue weighted by atomic mass is 35.5. The predicted octanol–water partition coefficient (Wildman–Crippen LogP) is 2.48. The number of thiazole rings is 1. The van der Waals surface area contributed by atoms with E-state index >= 15 is 0 Å². The first-order valence-electron chi connectivity index (χ1n) is 7.26. The summed E-state index contributed by atoms with van der Waals surface area (Å²) in [6, 6.07) is 5.11. The number of halogens is 1. The van der Waals surface area contributed by atoms with Gasteiger partial charge in [0.1, 0.15) is 12.0 Å². The lowest BCUT2D eigenvalue weighted by molar-refractivity contribution is 0.101. The van der Waals surface area contributed by atoms with Gasteiger partial charge >= 0.3 is 0 Å². The van der Waals surface area contributed by atoms with Gasteiger partial charge in [0.25, 0.3) is 5.91 Å². The number of carbonyl (C=O) groups is 1. The number of carbonyl (C=O) groups excluding carboxylic acids is 1. The summed E-state index contributed by atoms with van der Waals surface area (Å²) in [4.78, 5) is 29.0. The third-order valence-corrected chi connectivity index (χ3v) is 4.26. The zero-order valence-electron chi connectivity index (χ0n) is 12.9. The number of nitrogens with zero attached hydrogens (tertiary/aromatic N) is 7. The molecule has 0 aromatic carbocycles. The molecule has 0 spiro atoms. The second-order valence-electron chi connectivity index (χ2n) is 4.95. The molecule has 4 aromatic rings. The van der Waals surface area contributed by atoms with E-state index in [4.69, 9.17) is 11.6 Å². The van der Waals surface area contributed by atoms with Crippen LogP contribution in [-0.4, -0.2) is 40.8 Å². The van der Waals surface area contributed by atoms with E-state index in [2.05, 4.69) is 35.6 Å². The Morgan fingerprint density at radius 3 is 2.85 bits per heavy atom. The highest BCUT2D eigenvalue weighted by molar-refractivity contribution is 7.14. The summed E-state index contributed by atoms with van der Waals surface area (Å²) in [5.74, 6) is 0.0337. The molecule has 0 aliphatic carbocycles. The molecular weight excluding hydrogens is 376 g/mol. The van der Waals surface area contributed by atoms with Crippen LogP contribution in [0.15, 0.2) is 48.5 Å². The lowest BCUT2D eigenvalue weighted by Crippen LogP contribution is -2.17. The van der Waals surface area contributed by atoms with Crippen molar-refractivity contribution < 1.29 is 4.79 Å². The van der Waals surface area contributed by atoms with Gasteiger partial charge in [0.2, 0.25) is 0 Å². The van der Waals surface area contributed by atoms with Crippen LogP contribution in [0.2, 0.25) is 5.02 Å². The van der Waals surface area contributed by atoms with Crippen molar-refractivity contribution in [2.45, 2.75) is 0 Å². The van der Waals surface area contributed by atoms with Gasteiger partial charge in [-0.3, -0.25) is 15.1 Å². The fourth-order valence-electron chi connectivity index (χ4n) is 2.11. The van der Waals surface area contributed by atoms with Gasteiger partial charge in [0.15, 0.2) is 16.6 Å². The van der Waals surface area contributed by atoms with Gasteiger partial charge in [-0.1, -0.05) is 16.8 Å². The second kappa shape index (κ2) is 6.94. The van der Waals surface area contributed by atoms with Crippen LogP contribution in [-0.2, 0) is 0 Å². The number of aromatic nitrogens is 7. The smallest absolute Gasteiger partial charge is 0.277 e. The molecule has 0 radical (unpaired) electrons. The topological polar surface area (TPSA) is 111 Å². The van der Waals surface area contributed by atoms with Crippen molar-refractivity contribution in [3.63, 3.8) is 0 Å². The third-order valence-electron chi connectivity index (χ3n) is 3.28. The Bertz CT molecular complexity index is 1050. The zero-order valence-corrected chi connectivity index (χ0v) is 14.5. The molecule has 4 rings (SSSR count). The first kappa shape index (κ1) is 16.2. The fraction of sp³-hybridized carbons (Fsp3) is 0. The minimum atomic E-state index is -0.404. The maximum atomic E-state index is 12.5. The van der Waals surface area contributed by atoms with E-state index in [1.165, 1.54) is 28.5 Å². The van der Waals surface area contributed by atoms with Crippen LogP contribution in [0.5, 0.6) is 0 Å². The van der Waals surface area contributed by atoms with Gasteiger partial charge < -0.3 is 0 Å². The largest absolute Gasteiger partial charge is 0.296 e. The first-order chi connectivity index (χ1) is 12.7. The average molecular weight is 385 g/mol. The minimum Gasteiger partial charge on any atom is -0.296 e. The molecule has 1 amide bonds. The number of amides is 1. The predicted molar refractivity (Wildman–Crippen MR) is 95.3 cm³/mol. The Labute approximate surface area is 155 Å². The molecule has 0 fully saturated rings. The highest BCUT2D eigenvalue weighted by Crippen LogP contribution is 2.24. The Balaban J connectivity index is 1.55. The van der Waals surface area contributed by atoms with Gasteiger partial charge in [0, 0.05) is 23.8 Å². The molecule has 0 unspecified atom stereocenters. The summed E-state index contributed by atoms with van der Waals surface area (Å²) < 4.78 is 1.33. The zero-order chi connectivity index (χ0) is 17.9. The Hall–Kier alpha value is -3.24. The molecule has 0 aliphatic heterocycles. The molecule has 4 aromatic heterocycles. The van der Waals surface area contributed by atoms with Crippen LogP contribution >= 0.6 is 22.9 Å². The molecule has 128 valence electrons. The Morgan fingerprint density at radius 2 is 2.08 bits per heavy atom. The lowest BCUT2D eigenvalue weighted by atomic mass is 10.3. The van der Waals surface area contributed by atoms with Crippen molar-refractivity contribution in [3.05, 3.63) is 59.2 Å². The maximum absolute atomic E-state index is 12.5. The van der Waals surface area contributed by atoms with Crippen LogP contribution in [0, 0.1) is 0 Å². The molecule has 0 saturated carbocycles. The van der Waals surface area contributed by atoms with Gasteiger partial charge in [-0.2, -0.15) is 4.68 Å². The van der Waals surface area contributed by atoms with Crippen LogP contribution in [0.3, 0.4) is 0 Å². The summed E-state index contributed by atoms with van der Waals surface area (Å²) in [5.41, 5.74) is 1.54.